The first-order valence-corrected chi connectivity index (χ1v) is 13.7. The molecule has 0 saturated heterocycles. The maximum Gasteiger partial charge on any atom is 0.127 e. The lowest BCUT2D eigenvalue weighted by Gasteiger charge is -2.15. The van der Waals surface area contributed by atoms with Gasteiger partial charge in [-0.05, 0) is 36.1 Å². The third kappa shape index (κ3) is 9.77. The van der Waals surface area contributed by atoms with E-state index in [1.54, 1.807) is 0 Å². The molecule has 0 unspecified atom stereocenters. The lowest BCUT2D eigenvalue weighted by molar-refractivity contribution is 0.296. The highest BCUT2D eigenvalue weighted by molar-refractivity contribution is 5.78. The molecule has 2 nitrogen and oxygen atoms in total. The molecule has 3 aromatic rings. The van der Waals surface area contributed by atoms with E-state index in [-0.39, 0.29) is 0 Å². The van der Waals surface area contributed by atoms with E-state index < -0.39 is 0 Å². The number of hydrogen-bond donors (Lipinski definition) is 0. The minimum atomic E-state index is 0.727. The van der Waals surface area contributed by atoms with Crippen LogP contribution in [0.25, 0.3) is 24.3 Å². The van der Waals surface area contributed by atoms with Crippen LogP contribution in [0.4, 0.5) is 0 Å². The van der Waals surface area contributed by atoms with Gasteiger partial charge in [-0.15, -0.1) is 0 Å². The Kier molecular flexibility index (Phi) is 12.5. The molecule has 0 radical (unpaired) electrons. The van der Waals surface area contributed by atoms with Crippen molar-refractivity contribution in [1.29, 1.82) is 0 Å². The second-order valence-corrected chi connectivity index (χ2v) is 9.23. The Bertz CT molecular complexity index is 964. The molecule has 0 aromatic heterocycles. The first kappa shape index (κ1) is 27.3. The topological polar surface area (TPSA) is 18.5 Å². The molecule has 190 valence electrons. The van der Waals surface area contributed by atoms with Crippen molar-refractivity contribution in [2.75, 3.05) is 13.2 Å². The molecule has 2 heteroatoms. The first-order chi connectivity index (χ1) is 17.8. The molecule has 0 heterocycles. The van der Waals surface area contributed by atoms with Gasteiger partial charge in [0.15, 0.2) is 0 Å². The van der Waals surface area contributed by atoms with Crippen molar-refractivity contribution in [3.05, 3.63) is 95.1 Å². The van der Waals surface area contributed by atoms with Gasteiger partial charge in [-0.3, -0.25) is 0 Å². The van der Waals surface area contributed by atoms with E-state index in [1.807, 2.05) is 12.1 Å². The number of rotatable bonds is 16. The van der Waals surface area contributed by atoms with E-state index in [2.05, 4.69) is 98.8 Å². The van der Waals surface area contributed by atoms with Crippen LogP contribution in [0, 0.1) is 0 Å². The van der Waals surface area contributed by atoms with Crippen LogP contribution in [0.2, 0.25) is 0 Å². The van der Waals surface area contributed by atoms with Crippen molar-refractivity contribution in [3.63, 3.8) is 0 Å². The summed E-state index contributed by atoms with van der Waals surface area (Å²) >= 11 is 0. The average molecular weight is 483 g/mol. The zero-order chi connectivity index (χ0) is 25.3. The maximum atomic E-state index is 6.34. The van der Waals surface area contributed by atoms with Crippen molar-refractivity contribution in [1.82, 2.24) is 0 Å². The van der Waals surface area contributed by atoms with E-state index >= 15 is 0 Å². The van der Waals surface area contributed by atoms with E-state index in [1.165, 1.54) is 49.7 Å². The smallest absolute Gasteiger partial charge is 0.127 e. The third-order valence-corrected chi connectivity index (χ3v) is 6.16. The summed E-state index contributed by atoms with van der Waals surface area (Å²) in [5.74, 6) is 1.81. The van der Waals surface area contributed by atoms with Crippen LogP contribution in [-0.2, 0) is 0 Å². The fourth-order valence-electron chi connectivity index (χ4n) is 4.02. The van der Waals surface area contributed by atoms with E-state index in [9.17, 15) is 0 Å². The second-order valence-electron chi connectivity index (χ2n) is 9.23. The SMILES string of the molecule is CCCCCCOc1cc(C=Cc2ccccc2)c(OCCCCCC)cc1C=Cc1ccccc1. The van der Waals surface area contributed by atoms with Gasteiger partial charge in [0, 0.05) is 11.1 Å². The van der Waals surface area contributed by atoms with Crippen LogP contribution in [0.1, 0.15) is 87.5 Å². The van der Waals surface area contributed by atoms with E-state index in [0.717, 1.165) is 48.7 Å². The molecule has 0 N–H and O–H groups in total. The summed E-state index contributed by atoms with van der Waals surface area (Å²) in [6.45, 7) is 5.93. The summed E-state index contributed by atoms with van der Waals surface area (Å²) in [5, 5.41) is 0. The van der Waals surface area contributed by atoms with Gasteiger partial charge in [0.25, 0.3) is 0 Å². The maximum absolute atomic E-state index is 6.34. The van der Waals surface area contributed by atoms with Crippen molar-refractivity contribution in [3.8, 4) is 11.5 Å². The highest BCUT2D eigenvalue weighted by Crippen LogP contribution is 2.33. The van der Waals surface area contributed by atoms with Crippen LogP contribution < -0.4 is 9.47 Å². The number of unbranched alkanes of at least 4 members (excludes halogenated alkanes) is 6. The van der Waals surface area contributed by atoms with E-state index in [0.29, 0.717) is 0 Å². The normalized spacial score (nSPS) is 11.4. The zero-order valence-corrected chi connectivity index (χ0v) is 22.1. The molecule has 0 bridgehead atoms. The van der Waals surface area contributed by atoms with Crippen molar-refractivity contribution in [2.45, 2.75) is 65.2 Å². The molecule has 0 aliphatic heterocycles. The molecule has 0 saturated carbocycles. The highest BCUT2D eigenvalue weighted by atomic mass is 16.5. The molecule has 3 aromatic carbocycles. The van der Waals surface area contributed by atoms with Crippen molar-refractivity contribution < 1.29 is 9.47 Å². The summed E-state index contributed by atoms with van der Waals surface area (Å²) in [7, 11) is 0. The van der Waals surface area contributed by atoms with Crippen LogP contribution in [0.3, 0.4) is 0 Å². The van der Waals surface area contributed by atoms with Gasteiger partial charge in [-0.1, -0.05) is 137 Å². The summed E-state index contributed by atoms with van der Waals surface area (Å²) in [4.78, 5) is 0. The molecule has 0 aliphatic carbocycles. The molecular weight excluding hydrogens is 440 g/mol. The number of hydrogen-bond acceptors (Lipinski definition) is 2. The molecule has 3 rings (SSSR count). The fourth-order valence-corrected chi connectivity index (χ4v) is 4.02. The monoisotopic (exact) mass is 482 g/mol. The lowest BCUT2D eigenvalue weighted by atomic mass is 10.0. The van der Waals surface area contributed by atoms with Crippen LogP contribution in [-0.4, -0.2) is 13.2 Å². The average Bonchev–Trinajstić information content (AvgIpc) is 2.92. The molecule has 0 fully saturated rings. The lowest BCUT2D eigenvalue weighted by Crippen LogP contribution is -2.03. The van der Waals surface area contributed by atoms with Crippen LogP contribution in [0.15, 0.2) is 72.8 Å². The molecule has 0 amide bonds. The first-order valence-electron chi connectivity index (χ1n) is 13.7. The van der Waals surface area contributed by atoms with Crippen LogP contribution >= 0.6 is 0 Å². The third-order valence-electron chi connectivity index (χ3n) is 6.16. The van der Waals surface area contributed by atoms with Gasteiger partial charge in [0.2, 0.25) is 0 Å². The Balaban J connectivity index is 1.89. The van der Waals surface area contributed by atoms with Gasteiger partial charge in [0.1, 0.15) is 11.5 Å². The molecule has 0 aliphatic rings. The van der Waals surface area contributed by atoms with Crippen molar-refractivity contribution >= 4 is 24.3 Å². The molecule has 36 heavy (non-hydrogen) atoms. The quantitative estimate of drug-likeness (QED) is 0.149. The summed E-state index contributed by atoms with van der Waals surface area (Å²) in [6.07, 6.45) is 18.1. The Morgan fingerprint density at radius 2 is 0.917 bits per heavy atom. The Labute approximate surface area is 218 Å². The Morgan fingerprint density at radius 1 is 0.500 bits per heavy atom. The molecule has 0 spiro atoms. The minimum Gasteiger partial charge on any atom is -0.493 e. The van der Waals surface area contributed by atoms with Gasteiger partial charge in [-0.2, -0.15) is 0 Å². The predicted molar refractivity (Wildman–Crippen MR) is 156 cm³/mol. The van der Waals surface area contributed by atoms with Gasteiger partial charge < -0.3 is 9.47 Å². The van der Waals surface area contributed by atoms with Gasteiger partial charge in [0.05, 0.1) is 13.2 Å². The van der Waals surface area contributed by atoms with Gasteiger partial charge >= 0.3 is 0 Å². The minimum absolute atomic E-state index is 0.727. The summed E-state index contributed by atoms with van der Waals surface area (Å²) in [5.41, 5.74) is 4.44. The molecular formula is C34H42O2. The van der Waals surface area contributed by atoms with Crippen molar-refractivity contribution in [2.24, 2.45) is 0 Å². The predicted octanol–water partition coefficient (Wildman–Crippen LogP) is 9.95. The number of ether oxygens (including phenoxy) is 2. The Hall–Kier alpha value is -3.26. The highest BCUT2D eigenvalue weighted by Gasteiger charge is 2.10. The largest absolute Gasteiger partial charge is 0.493 e. The van der Waals surface area contributed by atoms with Gasteiger partial charge in [-0.25, -0.2) is 0 Å². The second kappa shape index (κ2) is 16.4. The molecule has 0 atom stereocenters. The van der Waals surface area contributed by atoms with Crippen LogP contribution in [0.5, 0.6) is 11.5 Å². The Morgan fingerprint density at radius 3 is 1.31 bits per heavy atom. The standard InChI is InChI=1S/C34H42O2/c1-3-5-7-15-25-35-33-27-32(24-22-30-19-13-10-14-20-30)34(36-26-16-8-6-4-2)28-31(33)23-21-29-17-11-9-12-18-29/h9-14,17-24,27-28H,3-8,15-16,25-26H2,1-2H3. The fraction of sp³-hybridized carbons (Fsp3) is 0.353. The summed E-state index contributed by atoms with van der Waals surface area (Å²) in [6, 6.07) is 25.1. The van der Waals surface area contributed by atoms with E-state index in [4.69, 9.17) is 9.47 Å². The number of benzene rings is 3. The zero-order valence-electron chi connectivity index (χ0n) is 22.1. The summed E-state index contributed by atoms with van der Waals surface area (Å²) < 4.78 is 12.7.